The van der Waals surface area contributed by atoms with E-state index >= 15 is 0 Å². The van der Waals surface area contributed by atoms with Gasteiger partial charge in [-0.25, -0.2) is 0 Å². The Bertz CT molecular complexity index is 838. The van der Waals surface area contributed by atoms with E-state index in [1.807, 2.05) is 4.90 Å². The van der Waals surface area contributed by atoms with Crippen molar-refractivity contribution >= 4 is 11.6 Å². The minimum absolute atomic E-state index is 0.267. The van der Waals surface area contributed by atoms with Gasteiger partial charge in [0.25, 0.3) is 5.91 Å². The van der Waals surface area contributed by atoms with E-state index in [1.54, 1.807) is 0 Å². The first kappa shape index (κ1) is 20.4. The second-order valence-corrected chi connectivity index (χ2v) is 8.33. The summed E-state index contributed by atoms with van der Waals surface area (Å²) >= 11 is 0. The van der Waals surface area contributed by atoms with Gasteiger partial charge in [0.2, 0.25) is 0 Å². The summed E-state index contributed by atoms with van der Waals surface area (Å²) in [5, 5.41) is 0. The fraction of sp³-hybridized carbons (Fsp3) is 0.458. The van der Waals surface area contributed by atoms with Crippen LogP contribution in [0.4, 0.5) is 5.69 Å². The Morgan fingerprint density at radius 2 is 1.68 bits per heavy atom. The lowest BCUT2D eigenvalue weighted by Crippen LogP contribution is -3.09. The maximum absolute atomic E-state index is 12.8. The summed E-state index contributed by atoms with van der Waals surface area (Å²) in [5.41, 5.74) is 7.92. The van der Waals surface area contributed by atoms with E-state index in [2.05, 4.69) is 76.0 Å². The maximum Gasteiger partial charge on any atom is 0.277 e. The van der Waals surface area contributed by atoms with E-state index in [4.69, 9.17) is 0 Å². The molecular weight excluding hydrogens is 346 g/mol. The first-order valence-electron chi connectivity index (χ1n) is 10.3. The van der Waals surface area contributed by atoms with E-state index < -0.39 is 0 Å². The molecule has 1 aliphatic rings. The number of quaternary nitrogens is 1. The van der Waals surface area contributed by atoms with Crippen molar-refractivity contribution in [2.45, 2.75) is 34.2 Å². The van der Waals surface area contributed by atoms with Crippen LogP contribution in [0.1, 0.15) is 27.8 Å². The lowest BCUT2D eigenvalue weighted by molar-refractivity contribution is -0.885. The summed E-state index contributed by atoms with van der Waals surface area (Å²) in [7, 11) is 2.11. The quantitative estimate of drug-likeness (QED) is 0.862. The van der Waals surface area contributed by atoms with Crippen LogP contribution < -0.4 is 9.80 Å². The molecule has 1 aliphatic heterocycles. The van der Waals surface area contributed by atoms with E-state index in [0.29, 0.717) is 6.54 Å². The van der Waals surface area contributed by atoms with Crippen molar-refractivity contribution in [3.8, 4) is 0 Å². The lowest BCUT2D eigenvalue weighted by Gasteiger charge is -2.37. The molecule has 3 rings (SSSR count). The van der Waals surface area contributed by atoms with Crippen LogP contribution in [0.2, 0.25) is 0 Å². The summed E-state index contributed by atoms with van der Waals surface area (Å²) < 4.78 is 0. The number of aryl methyl sites for hydroxylation is 3. The molecule has 1 heterocycles. The highest BCUT2D eigenvalue weighted by Gasteiger charge is 2.24. The van der Waals surface area contributed by atoms with Crippen LogP contribution in [0.5, 0.6) is 0 Å². The number of nitrogens with one attached hydrogen (secondary N) is 1. The Morgan fingerprint density at radius 1 is 0.964 bits per heavy atom. The number of hydrogen-bond donors (Lipinski definition) is 1. The van der Waals surface area contributed by atoms with Crippen molar-refractivity contribution < 1.29 is 9.69 Å². The van der Waals surface area contributed by atoms with Crippen molar-refractivity contribution in [1.82, 2.24) is 4.90 Å². The Kier molecular flexibility index (Phi) is 6.40. The fourth-order valence-electron chi connectivity index (χ4n) is 4.08. The van der Waals surface area contributed by atoms with Gasteiger partial charge < -0.3 is 14.7 Å². The molecule has 1 N–H and O–H groups in total. The molecule has 1 unspecified atom stereocenters. The average molecular weight is 381 g/mol. The van der Waals surface area contributed by atoms with Gasteiger partial charge in [-0.3, -0.25) is 4.79 Å². The van der Waals surface area contributed by atoms with E-state index in [-0.39, 0.29) is 5.91 Å². The van der Waals surface area contributed by atoms with E-state index in [9.17, 15) is 4.79 Å². The molecule has 4 heteroatoms. The summed E-state index contributed by atoms with van der Waals surface area (Å²) in [6, 6.07) is 13.1. The number of nitrogens with zero attached hydrogens (tertiary/aromatic N) is 2. The van der Waals surface area contributed by atoms with Crippen LogP contribution in [0, 0.1) is 27.7 Å². The third-order valence-corrected chi connectivity index (χ3v) is 5.99. The van der Waals surface area contributed by atoms with Crippen LogP contribution in [-0.2, 0) is 11.3 Å². The molecule has 4 nitrogen and oxygen atoms in total. The minimum Gasteiger partial charge on any atom is -0.368 e. The number of amides is 1. The van der Waals surface area contributed by atoms with Crippen LogP contribution in [0.15, 0.2) is 36.4 Å². The molecule has 0 saturated carbocycles. The van der Waals surface area contributed by atoms with Crippen molar-refractivity contribution in [3.05, 3.63) is 64.2 Å². The maximum atomic E-state index is 12.8. The highest BCUT2D eigenvalue weighted by Crippen LogP contribution is 2.23. The second-order valence-electron chi connectivity index (χ2n) is 8.33. The van der Waals surface area contributed by atoms with E-state index in [1.165, 1.54) is 38.4 Å². The summed E-state index contributed by atoms with van der Waals surface area (Å²) in [6.45, 7) is 13.5. The first-order valence-corrected chi connectivity index (χ1v) is 10.3. The molecule has 28 heavy (non-hydrogen) atoms. The van der Waals surface area contributed by atoms with Crippen LogP contribution in [0.25, 0.3) is 0 Å². The zero-order valence-electron chi connectivity index (χ0n) is 18.0. The SMILES string of the molecule is Cc1ccc(C[NH+](C)CC(=O)N2CCN(c3cccc(C)c3C)CC2)c(C)c1. The molecule has 0 aromatic heterocycles. The number of carbonyl (C=O) groups excluding carboxylic acids is 1. The highest BCUT2D eigenvalue weighted by molar-refractivity contribution is 5.77. The molecule has 2 aromatic rings. The standard InChI is InChI=1S/C24H33N3O/c1-18-9-10-22(20(3)15-18)16-25(5)17-24(28)27-13-11-26(12-14-27)23-8-6-7-19(2)21(23)4/h6-10,15H,11-14,16-17H2,1-5H3/p+1. The first-order chi connectivity index (χ1) is 13.3. The smallest absolute Gasteiger partial charge is 0.277 e. The van der Waals surface area contributed by atoms with Crippen molar-refractivity contribution in [1.29, 1.82) is 0 Å². The van der Waals surface area contributed by atoms with Gasteiger partial charge in [-0.05, 0) is 50.5 Å². The van der Waals surface area contributed by atoms with Crippen molar-refractivity contribution in [2.24, 2.45) is 0 Å². The number of carbonyl (C=O) groups is 1. The van der Waals surface area contributed by atoms with Gasteiger partial charge in [0, 0.05) is 37.4 Å². The predicted octanol–water partition coefficient (Wildman–Crippen LogP) is 2.28. The van der Waals surface area contributed by atoms with Gasteiger partial charge in [-0.1, -0.05) is 35.9 Å². The van der Waals surface area contributed by atoms with Crippen LogP contribution >= 0.6 is 0 Å². The van der Waals surface area contributed by atoms with Crippen molar-refractivity contribution in [2.75, 3.05) is 44.7 Å². The Balaban J connectivity index is 1.53. The molecule has 0 aliphatic carbocycles. The normalized spacial score (nSPS) is 15.6. The second kappa shape index (κ2) is 8.78. The lowest BCUT2D eigenvalue weighted by atomic mass is 10.1. The predicted molar refractivity (Wildman–Crippen MR) is 116 cm³/mol. The summed E-state index contributed by atoms with van der Waals surface area (Å²) in [6.07, 6.45) is 0. The minimum atomic E-state index is 0.267. The number of anilines is 1. The van der Waals surface area contributed by atoms with Gasteiger partial charge in [0.15, 0.2) is 6.54 Å². The van der Waals surface area contributed by atoms with E-state index in [0.717, 1.165) is 32.7 Å². The Labute approximate surface area is 169 Å². The number of piperazine rings is 1. The van der Waals surface area contributed by atoms with Gasteiger partial charge in [0.1, 0.15) is 6.54 Å². The molecule has 0 bridgehead atoms. The van der Waals surface area contributed by atoms with Crippen LogP contribution in [-0.4, -0.2) is 50.6 Å². The average Bonchev–Trinajstić information content (AvgIpc) is 2.66. The molecule has 0 radical (unpaired) electrons. The molecule has 150 valence electrons. The molecular formula is C24H34N3O+. The van der Waals surface area contributed by atoms with Crippen molar-refractivity contribution in [3.63, 3.8) is 0 Å². The number of hydrogen-bond acceptors (Lipinski definition) is 2. The molecule has 2 aromatic carbocycles. The summed E-state index contributed by atoms with van der Waals surface area (Å²) in [4.78, 5) is 18.5. The molecule has 1 amide bonds. The van der Waals surface area contributed by atoms with Crippen LogP contribution in [0.3, 0.4) is 0 Å². The monoisotopic (exact) mass is 380 g/mol. The van der Waals surface area contributed by atoms with Gasteiger partial charge >= 0.3 is 0 Å². The number of benzene rings is 2. The highest BCUT2D eigenvalue weighted by atomic mass is 16.2. The topological polar surface area (TPSA) is 28.0 Å². The Hall–Kier alpha value is -2.33. The molecule has 1 atom stereocenters. The zero-order valence-corrected chi connectivity index (χ0v) is 18.0. The van der Waals surface area contributed by atoms with Gasteiger partial charge in [-0.2, -0.15) is 0 Å². The Morgan fingerprint density at radius 3 is 2.36 bits per heavy atom. The summed E-state index contributed by atoms with van der Waals surface area (Å²) in [5.74, 6) is 0.267. The molecule has 1 fully saturated rings. The largest absolute Gasteiger partial charge is 0.368 e. The zero-order chi connectivity index (χ0) is 20.3. The third-order valence-electron chi connectivity index (χ3n) is 5.99. The van der Waals surface area contributed by atoms with Gasteiger partial charge in [0.05, 0.1) is 7.05 Å². The number of rotatable bonds is 5. The molecule has 0 spiro atoms. The number of likely N-dealkylation sites (N-methyl/N-ethyl adjacent to an activating group) is 1. The van der Waals surface area contributed by atoms with Gasteiger partial charge in [-0.15, -0.1) is 0 Å². The molecule has 1 saturated heterocycles. The fourth-order valence-corrected chi connectivity index (χ4v) is 4.08. The third kappa shape index (κ3) is 4.74.